The Morgan fingerprint density at radius 3 is 2.59 bits per heavy atom. The molecular weight excluding hydrogens is 406 g/mol. The molecule has 0 saturated carbocycles. The highest BCUT2D eigenvalue weighted by Crippen LogP contribution is 2.48. The molecule has 2 N–H and O–H groups in total. The van der Waals surface area contributed by atoms with Crippen LogP contribution in [-0.4, -0.2) is 29.9 Å². The minimum Gasteiger partial charge on any atom is -0.445 e. The summed E-state index contributed by atoms with van der Waals surface area (Å²) >= 11 is 0. The zero-order valence-electron chi connectivity index (χ0n) is 18.6. The molecule has 4 rings (SSSR count). The van der Waals surface area contributed by atoms with E-state index in [1.807, 2.05) is 44.2 Å². The van der Waals surface area contributed by atoms with Crippen LogP contribution in [0.4, 0.5) is 4.79 Å². The lowest BCUT2D eigenvalue weighted by atomic mass is 9.67. The lowest BCUT2D eigenvalue weighted by Crippen LogP contribution is -2.43. The molecule has 32 heavy (non-hydrogen) atoms. The van der Waals surface area contributed by atoms with Crippen molar-refractivity contribution < 1.29 is 19.1 Å². The van der Waals surface area contributed by atoms with E-state index in [1.54, 1.807) is 4.90 Å². The highest BCUT2D eigenvalue weighted by molar-refractivity contribution is 5.98. The molecule has 7 nitrogen and oxygen atoms in total. The van der Waals surface area contributed by atoms with E-state index in [0.717, 1.165) is 5.56 Å². The summed E-state index contributed by atoms with van der Waals surface area (Å²) in [5.41, 5.74) is 7.79. The lowest BCUT2D eigenvalue weighted by Gasteiger charge is -2.41. The summed E-state index contributed by atoms with van der Waals surface area (Å²) in [4.78, 5) is 27.3. The summed E-state index contributed by atoms with van der Waals surface area (Å²) < 4.78 is 11.2. The van der Waals surface area contributed by atoms with E-state index in [2.05, 4.69) is 6.07 Å². The standard InChI is InChI=1S/C25H29N3O4/c1-25(2)12-19(29)22-20(13-25)32-23(27)18(14-26)21(22)17-8-10-28(11-9-17)24(30)31-15-16-6-4-3-5-7-16/h3-7,17,21H,8-13,15,27H2,1-2H3/t21-/m0/s1. The molecule has 0 radical (unpaired) electrons. The first-order valence-corrected chi connectivity index (χ1v) is 11.1. The first-order chi connectivity index (χ1) is 15.3. The molecular formula is C25H29N3O4. The van der Waals surface area contributed by atoms with Crippen molar-refractivity contribution in [2.45, 2.75) is 46.1 Å². The number of nitrogens with two attached hydrogens (primary N) is 1. The third-order valence-electron chi connectivity index (χ3n) is 6.59. The molecule has 7 heteroatoms. The Hall–Kier alpha value is -3.27. The number of ether oxygens (including phenoxy) is 2. The second-order valence-electron chi connectivity index (χ2n) is 9.61. The number of benzene rings is 1. The Bertz CT molecular complexity index is 1010. The zero-order valence-corrected chi connectivity index (χ0v) is 18.6. The van der Waals surface area contributed by atoms with Crippen LogP contribution in [0.25, 0.3) is 0 Å². The molecule has 1 aromatic rings. The fraction of sp³-hybridized carbons (Fsp3) is 0.480. The van der Waals surface area contributed by atoms with Gasteiger partial charge in [-0.2, -0.15) is 5.26 Å². The third kappa shape index (κ3) is 4.36. The smallest absolute Gasteiger partial charge is 0.410 e. The number of amides is 1. The molecule has 1 aromatic carbocycles. The Labute approximate surface area is 188 Å². The first kappa shape index (κ1) is 21.9. The van der Waals surface area contributed by atoms with E-state index in [1.165, 1.54) is 0 Å². The van der Waals surface area contributed by atoms with Crippen molar-refractivity contribution in [3.05, 3.63) is 58.7 Å². The van der Waals surface area contributed by atoms with Crippen LogP contribution in [0.3, 0.4) is 0 Å². The van der Waals surface area contributed by atoms with Gasteiger partial charge in [-0.25, -0.2) is 4.79 Å². The molecule has 3 aliphatic rings. The number of nitriles is 1. The number of nitrogens with zero attached hydrogens (tertiary/aromatic N) is 2. The van der Waals surface area contributed by atoms with Gasteiger partial charge < -0.3 is 20.1 Å². The van der Waals surface area contributed by atoms with Gasteiger partial charge in [-0.05, 0) is 29.7 Å². The average molecular weight is 436 g/mol. The van der Waals surface area contributed by atoms with E-state index < -0.39 is 0 Å². The van der Waals surface area contributed by atoms with Crippen LogP contribution in [-0.2, 0) is 20.9 Å². The van der Waals surface area contributed by atoms with E-state index >= 15 is 0 Å². The van der Waals surface area contributed by atoms with Crippen LogP contribution in [0.15, 0.2) is 53.1 Å². The van der Waals surface area contributed by atoms with Gasteiger partial charge in [-0.3, -0.25) is 4.79 Å². The molecule has 1 fully saturated rings. The van der Waals surface area contributed by atoms with Crippen LogP contribution in [0.1, 0.15) is 45.1 Å². The number of ketones is 1. The molecule has 1 amide bonds. The number of rotatable bonds is 3. The molecule has 168 valence electrons. The normalized spacial score (nSPS) is 23.3. The Balaban J connectivity index is 1.46. The largest absolute Gasteiger partial charge is 0.445 e. The summed E-state index contributed by atoms with van der Waals surface area (Å²) in [5.74, 6) is 0.422. The molecule has 1 aliphatic carbocycles. The maximum atomic E-state index is 13.1. The van der Waals surface area contributed by atoms with E-state index in [-0.39, 0.29) is 41.6 Å². The average Bonchev–Trinajstić information content (AvgIpc) is 2.76. The number of Topliss-reactive ketones (excluding diaryl/α,β-unsaturated/α-hetero) is 1. The lowest BCUT2D eigenvalue weighted by molar-refractivity contribution is -0.119. The molecule has 1 saturated heterocycles. The Kier molecular flexibility index (Phi) is 5.96. The van der Waals surface area contributed by atoms with E-state index in [9.17, 15) is 14.9 Å². The number of carbonyl (C=O) groups excluding carboxylic acids is 2. The maximum absolute atomic E-state index is 13.1. The van der Waals surface area contributed by atoms with Gasteiger partial charge in [0.2, 0.25) is 5.88 Å². The van der Waals surface area contributed by atoms with Gasteiger partial charge in [0.15, 0.2) is 5.78 Å². The molecule has 2 heterocycles. The summed E-state index contributed by atoms with van der Waals surface area (Å²) in [7, 11) is 0. The topological polar surface area (TPSA) is 106 Å². The van der Waals surface area contributed by atoms with Crippen LogP contribution in [0.2, 0.25) is 0 Å². The second kappa shape index (κ2) is 8.70. The highest BCUT2D eigenvalue weighted by Gasteiger charge is 2.45. The van der Waals surface area contributed by atoms with Crippen LogP contribution < -0.4 is 5.73 Å². The summed E-state index contributed by atoms with van der Waals surface area (Å²) in [6.07, 6.45) is 2.03. The van der Waals surface area contributed by atoms with Crippen molar-refractivity contribution >= 4 is 11.9 Å². The Morgan fingerprint density at radius 2 is 1.94 bits per heavy atom. The predicted octanol–water partition coefficient (Wildman–Crippen LogP) is 4.02. The molecule has 0 unspecified atom stereocenters. The van der Waals surface area contributed by atoms with Crippen LogP contribution in [0, 0.1) is 28.6 Å². The number of allylic oxidation sites excluding steroid dienone is 3. The van der Waals surface area contributed by atoms with Crippen molar-refractivity contribution in [1.82, 2.24) is 4.90 Å². The quantitative estimate of drug-likeness (QED) is 0.769. The number of hydrogen-bond donors (Lipinski definition) is 1. The van der Waals surface area contributed by atoms with Crippen LogP contribution in [0.5, 0.6) is 0 Å². The highest BCUT2D eigenvalue weighted by atomic mass is 16.6. The van der Waals surface area contributed by atoms with Crippen LogP contribution >= 0.6 is 0 Å². The second-order valence-corrected chi connectivity index (χ2v) is 9.61. The fourth-order valence-corrected chi connectivity index (χ4v) is 5.02. The minimum absolute atomic E-state index is 0.0335. The summed E-state index contributed by atoms with van der Waals surface area (Å²) in [6.45, 7) is 5.32. The molecule has 1 atom stereocenters. The molecule has 0 bridgehead atoms. The van der Waals surface area contributed by atoms with Crippen molar-refractivity contribution in [1.29, 1.82) is 5.26 Å². The SMILES string of the molecule is CC1(C)CC(=O)C2=C(C1)OC(N)=C(C#N)[C@@H]2C1CCN(C(=O)OCc2ccccc2)CC1. The number of likely N-dealkylation sites (tertiary alicyclic amines) is 1. The first-order valence-electron chi connectivity index (χ1n) is 11.1. The monoisotopic (exact) mass is 435 g/mol. The van der Waals surface area contributed by atoms with E-state index in [0.29, 0.717) is 55.7 Å². The van der Waals surface area contributed by atoms with Crippen molar-refractivity contribution in [3.63, 3.8) is 0 Å². The molecule has 0 spiro atoms. The van der Waals surface area contributed by atoms with Crippen molar-refractivity contribution in [2.75, 3.05) is 13.1 Å². The zero-order chi connectivity index (χ0) is 22.9. The van der Waals surface area contributed by atoms with Gasteiger partial charge in [-0.15, -0.1) is 0 Å². The number of piperidine rings is 1. The van der Waals surface area contributed by atoms with Crippen molar-refractivity contribution in [3.8, 4) is 6.07 Å². The van der Waals surface area contributed by atoms with E-state index in [4.69, 9.17) is 15.2 Å². The Morgan fingerprint density at radius 1 is 1.25 bits per heavy atom. The van der Waals surface area contributed by atoms with Gasteiger partial charge in [-0.1, -0.05) is 44.2 Å². The molecule has 0 aromatic heterocycles. The van der Waals surface area contributed by atoms with Gasteiger partial charge in [0.05, 0.1) is 5.57 Å². The van der Waals surface area contributed by atoms with Crippen molar-refractivity contribution in [2.24, 2.45) is 23.0 Å². The summed E-state index contributed by atoms with van der Waals surface area (Å²) in [5, 5.41) is 9.77. The minimum atomic E-state index is -0.366. The number of hydrogen-bond acceptors (Lipinski definition) is 6. The predicted molar refractivity (Wildman–Crippen MR) is 117 cm³/mol. The summed E-state index contributed by atoms with van der Waals surface area (Å²) in [6, 6.07) is 11.8. The van der Waals surface area contributed by atoms with Gasteiger partial charge in [0, 0.05) is 37.4 Å². The molecule has 2 aliphatic heterocycles. The van der Waals surface area contributed by atoms with Gasteiger partial charge >= 0.3 is 6.09 Å². The maximum Gasteiger partial charge on any atom is 0.410 e. The van der Waals surface area contributed by atoms with Gasteiger partial charge in [0.1, 0.15) is 18.4 Å². The fourth-order valence-electron chi connectivity index (χ4n) is 5.02. The third-order valence-corrected chi connectivity index (χ3v) is 6.59. The van der Waals surface area contributed by atoms with Gasteiger partial charge in [0.25, 0.3) is 0 Å². The number of carbonyl (C=O) groups is 2.